The van der Waals surface area contributed by atoms with E-state index in [-0.39, 0.29) is 12.3 Å². The van der Waals surface area contributed by atoms with Crippen molar-refractivity contribution in [1.82, 2.24) is 0 Å². The van der Waals surface area contributed by atoms with E-state index in [1.54, 1.807) is 21.2 Å². The van der Waals surface area contributed by atoms with Crippen LogP contribution in [0.1, 0.15) is 18.1 Å². The van der Waals surface area contributed by atoms with Gasteiger partial charge in [-0.25, -0.2) is 0 Å². The van der Waals surface area contributed by atoms with Gasteiger partial charge in [0.05, 0.1) is 33.0 Å². The number of nitrogens with one attached hydrogen (secondary N) is 1. The molecule has 120 valence electrons. The zero-order chi connectivity index (χ0) is 17.0. The van der Waals surface area contributed by atoms with Crippen LogP contribution < -0.4 is 5.32 Å². The summed E-state index contributed by atoms with van der Waals surface area (Å²) in [6.45, 7) is 0.832. The number of halogens is 4. The SMILES string of the molecule is CC(O)(COSI)C(=O)Nc1ccc(C#N)c(C(F)(F)F)c1. The molecule has 0 fully saturated rings. The molecule has 0 radical (unpaired) electrons. The van der Waals surface area contributed by atoms with E-state index in [1.807, 2.05) is 0 Å². The highest BCUT2D eigenvalue weighted by Gasteiger charge is 2.35. The van der Waals surface area contributed by atoms with Gasteiger partial charge in [-0.2, -0.15) is 18.4 Å². The van der Waals surface area contributed by atoms with Crippen LogP contribution in [-0.2, 0) is 15.2 Å². The third-order valence-corrected chi connectivity index (χ3v) is 3.55. The molecule has 1 atom stereocenters. The Morgan fingerprint density at radius 2 is 2.18 bits per heavy atom. The standard InChI is InChI=1S/C12H10F3IN2O3S/c1-11(20,6-21-22-16)10(19)18-8-3-2-7(5-17)9(4-8)12(13,14)15/h2-4,20H,6H2,1H3,(H,18,19). The first-order valence-electron chi connectivity index (χ1n) is 5.67. The minimum atomic E-state index is -4.73. The Labute approximate surface area is 140 Å². The number of rotatable bonds is 5. The van der Waals surface area contributed by atoms with Crippen molar-refractivity contribution >= 4 is 42.0 Å². The summed E-state index contributed by atoms with van der Waals surface area (Å²) in [6, 6.07) is 4.17. The molecule has 2 N–H and O–H groups in total. The Morgan fingerprint density at radius 3 is 2.68 bits per heavy atom. The summed E-state index contributed by atoms with van der Waals surface area (Å²) in [5.74, 6) is -0.921. The monoisotopic (exact) mass is 446 g/mol. The lowest BCUT2D eigenvalue weighted by atomic mass is 10.1. The lowest BCUT2D eigenvalue weighted by molar-refractivity contribution is -0.138. The zero-order valence-corrected chi connectivity index (χ0v) is 14.0. The number of benzene rings is 1. The van der Waals surface area contributed by atoms with Gasteiger partial charge in [-0.3, -0.25) is 4.79 Å². The van der Waals surface area contributed by atoms with Crippen LogP contribution in [0.25, 0.3) is 0 Å². The molecule has 10 heteroatoms. The van der Waals surface area contributed by atoms with Crippen molar-refractivity contribution in [1.29, 1.82) is 5.26 Å². The number of nitriles is 1. The Morgan fingerprint density at radius 1 is 1.55 bits per heavy atom. The van der Waals surface area contributed by atoms with Crippen molar-refractivity contribution in [3.05, 3.63) is 29.3 Å². The van der Waals surface area contributed by atoms with Crippen LogP contribution in [0.3, 0.4) is 0 Å². The van der Waals surface area contributed by atoms with Crippen molar-refractivity contribution in [2.45, 2.75) is 18.7 Å². The van der Waals surface area contributed by atoms with Gasteiger partial charge in [-0.1, -0.05) is 0 Å². The molecule has 0 aromatic heterocycles. The molecule has 1 aromatic rings. The van der Waals surface area contributed by atoms with Crippen LogP contribution in [0, 0.1) is 11.3 Å². The molecule has 1 rings (SSSR count). The summed E-state index contributed by atoms with van der Waals surface area (Å²) in [4.78, 5) is 11.9. The molecule has 5 nitrogen and oxygen atoms in total. The number of carbonyl (C=O) groups excluding carboxylic acids is 1. The molecule has 1 amide bonds. The maximum absolute atomic E-state index is 12.8. The van der Waals surface area contributed by atoms with Crippen molar-refractivity contribution in [2.75, 3.05) is 11.9 Å². The van der Waals surface area contributed by atoms with E-state index in [9.17, 15) is 23.1 Å². The molecular weight excluding hydrogens is 436 g/mol. The summed E-state index contributed by atoms with van der Waals surface area (Å²) in [5.41, 5.74) is -3.81. The molecular formula is C12H10F3IN2O3S. The molecule has 0 aliphatic heterocycles. The van der Waals surface area contributed by atoms with E-state index in [0.29, 0.717) is 6.07 Å². The van der Waals surface area contributed by atoms with Gasteiger partial charge in [0, 0.05) is 26.9 Å². The fraction of sp³-hybridized carbons (Fsp3) is 0.333. The first-order valence-corrected chi connectivity index (χ1v) is 8.95. The second kappa shape index (κ2) is 7.49. The number of aliphatic hydroxyl groups is 1. The van der Waals surface area contributed by atoms with Gasteiger partial charge in [0.1, 0.15) is 0 Å². The minimum absolute atomic E-state index is 0.182. The number of hydrogen-bond donors (Lipinski definition) is 2. The molecule has 0 heterocycles. The summed E-state index contributed by atoms with van der Waals surface area (Å²) in [6.07, 6.45) is -4.73. The lowest BCUT2D eigenvalue weighted by Gasteiger charge is -2.21. The summed E-state index contributed by atoms with van der Waals surface area (Å²) in [7, 11) is 0.908. The van der Waals surface area contributed by atoms with E-state index >= 15 is 0 Å². The van der Waals surface area contributed by atoms with Crippen LogP contribution in [0.15, 0.2) is 18.2 Å². The number of nitrogens with zero attached hydrogens (tertiary/aromatic N) is 1. The Kier molecular flexibility index (Phi) is 6.48. The molecule has 0 saturated heterocycles. The minimum Gasteiger partial charge on any atom is -0.378 e. The predicted octanol–water partition coefficient (Wildman–Crippen LogP) is 3.28. The highest BCUT2D eigenvalue weighted by atomic mass is 127. The Balaban J connectivity index is 3.00. The average Bonchev–Trinajstić information content (AvgIpc) is 2.44. The van der Waals surface area contributed by atoms with Crippen molar-refractivity contribution < 1.29 is 27.3 Å². The van der Waals surface area contributed by atoms with Crippen LogP contribution in [0.4, 0.5) is 18.9 Å². The molecule has 0 aliphatic carbocycles. The van der Waals surface area contributed by atoms with Gasteiger partial charge in [-0.15, -0.1) is 0 Å². The highest BCUT2D eigenvalue weighted by Crippen LogP contribution is 2.33. The highest BCUT2D eigenvalue weighted by molar-refractivity contribution is 14.2. The van der Waals surface area contributed by atoms with Crippen molar-refractivity contribution in [3.8, 4) is 6.07 Å². The number of amides is 1. The zero-order valence-electron chi connectivity index (χ0n) is 11.1. The van der Waals surface area contributed by atoms with Gasteiger partial charge in [-0.05, 0) is 25.1 Å². The van der Waals surface area contributed by atoms with Gasteiger partial charge in [0.25, 0.3) is 5.91 Å². The fourth-order valence-corrected chi connectivity index (χ4v) is 2.08. The van der Waals surface area contributed by atoms with Crippen LogP contribution in [-0.4, -0.2) is 23.2 Å². The van der Waals surface area contributed by atoms with E-state index in [0.717, 1.165) is 21.3 Å². The number of carbonyl (C=O) groups is 1. The number of hydrogen-bond acceptors (Lipinski definition) is 5. The maximum Gasteiger partial charge on any atom is 0.417 e. The first-order chi connectivity index (χ1) is 10.1. The van der Waals surface area contributed by atoms with E-state index in [2.05, 4.69) is 5.32 Å². The van der Waals surface area contributed by atoms with E-state index in [1.165, 1.54) is 13.0 Å². The average molecular weight is 446 g/mol. The Hall–Kier alpha value is -1.03. The second-order valence-electron chi connectivity index (χ2n) is 4.42. The molecule has 1 unspecified atom stereocenters. The van der Waals surface area contributed by atoms with Gasteiger partial charge >= 0.3 is 6.18 Å². The quantitative estimate of drug-likeness (QED) is 0.536. The molecule has 0 saturated carbocycles. The predicted molar refractivity (Wildman–Crippen MR) is 83.0 cm³/mol. The Bertz CT molecular complexity index is 602. The maximum atomic E-state index is 12.8. The molecule has 0 aliphatic rings. The molecule has 22 heavy (non-hydrogen) atoms. The van der Waals surface area contributed by atoms with Crippen LogP contribution in [0.2, 0.25) is 0 Å². The topological polar surface area (TPSA) is 82.3 Å². The largest absolute Gasteiger partial charge is 0.417 e. The second-order valence-corrected chi connectivity index (χ2v) is 5.86. The van der Waals surface area contributed by atoms with E-state index in [4.69, 9.17) is 9.44 Å². The van der Waals surface area contributed by atoms with Crippen molar-refractivity contribution in [2.24, 2.45) is 0 Å². The normalized spacial score (nSPS) is 14.0. The molecule has 0 bridgehead atoms. The van der Waals surface area contributed by atoms with Gasteiger partial charge in [0.2, 0.25) is 0 Å². The van der Waals surface area contributed by atoms with Crippen LogP contribution >= 0.6 is 30.4 Å². The lowest BCUT2D eigenvalue weighted by Crippen LogP contribution is -2.43. The molecule has 0 spiro atoms. The van der Waals surface area contributed by atoms with Gasteiger partial charge < -0.3 is 14.6 Å². The third kappa shape index (κ3) is 5.01. The summed E-state index contributed by atoms with van der Waals surface area (Å²) >= 11 is 1.79. The molecule has 1 aromatic carbocycles. The van der Waals surface area contributed by atoms with Crippen LogP contribution in [0.5, 0.6) is 0 Å². The summed E-state index contributed by atoms with van der Waals surface area (Å²) < 4.78 is 43.3. The number of anilines is 1. The smallest absolute Gasteiger partial charge is 0.378 e. The summed E-state index contributed by atoms with van der Waals surface area (Å²) in [5, 5.41) is 20.7. The van der Waals surface area contributed by atoms with Gasteiger partial charge in [0.15, 0.2) is 5.60 Å². The first kappa shape index (κ1) is 19.0. The third-order valence-electron chi connectivity index (χ3n) is 2.58. The number of alkyl halides is 3. The van der Waals surface area contributed by atoms with E-state index < -0.39 is 28.8 Å². The fourth-order valence-electron chi connectivity index (χ4n) is 1.42. The van der Waals surface area contributed by atoms with Crippen molar-refractivity contribution in [3.63, 3.8) is 0 Å².